The smallest absolute Gasteiger partial charge is 0.159 e. The molecule has 0 unspecified atom stereocenters. The minimum Gasteiger partial charge on any atom is -0.394 e. The lowest BCUT2D eigenvalue weighted by Crippen LogP contribution is -2.31. The van der Waals surface area contributed by atoms with Gasteiger partial charge in [0, 0.05) is 13.0 Å². The van der Waals surface area contributed by atoms with E-state index in [2.05, 4.69) is 0 Å². The number of hydrogen-bond donors (Lipinski definition) is 1. The Morgan fingerprint density at radius 1 is 1.75 bits per heavy atom. The second-order valence-corrected chi connectivity index (χ2v) is 4.04. The Kier molecular flexibility index (Phi) is 3.35. The molecule has 4 heteroatoms. The Bertz CT molecular complexity index is 149. The van der Waals surface area contributed by atoms with Gasteiger partial charge in [0.1, 0.15) is 6.10 Å². The van der Waals surface area contributed by atoms with Crippen LogP contribution in [-0.4, -0.2) is 35.6 Å². The van der Waals surface area contributed by atoms with Crippen LogP contribution in [0.2, 0.25) is 0 Å². The molecular weight excluding hydrogens is 180 g/mol. The lowest BCUT2D eigenvalue weighted by atomic mass is 10.0. The summed E-state index contributed by atoms with van der Waals surface area (Å²) in [6, 6.07) is 0. The maximum Gasteiger partial charge on any atom is 0.159 e. The fourth-order valence-corrected chi connectivity index (χ4v) is 1.59. The molecule has 0 aromatic carbocycles. The molecule has 72 valence electrons. The fraction of sp³-hybridized carbons (Fsp3) is 1.00. The van der Waals surface area contributed by atoms with Crippen molar-refractivity contribution >= 4 is 11.6 Å². The molecule has 1 heterocycles. The van der Waals surface area contributed by atoms with E-state index >= 15 is 0 Å². The van der Waals surface area contributed by atoms with Crippen molar-refractivity contribution in [2.45, 2.75) is 37.5 Å². The number of aliphatic hydroxyl groups is 1. The van der Waals surface area contributed by atoms with E-state index in [1.165, 1.54) is 0 Å². The standard InChI is InChI=1S/C8H15ClO3/c1-3-11-7-4-8(2,9)6(5-10)12-7/h6-7,10H,3-5H2,1-2H3/t6-,7+,8+/m1/s1. The van der Waals surface area contributed by atoms with Crippen LogP contribution in [0.3, 0.4) is 0 Å². The number of halogens is 1. The topological polar surface area (TPSA) is 38.7 Å². The third-order valence-corrected chi connectivity index (χ3v) is 2.47. The minimum absolute atomic E-state index is 0.0520. The van der Waals surface area contributed by atoms with E-state index in [1.54, 1.807) is 0 Å². The highest BCUT2D eigenvalue weighted by atomic mass is 35.5. The average molecular weight is 195 g/mol. The molecule has 0 aromatic heterocycles. The van der Waals surface area contributed by atoms with E-state index in [0.29, 0.717) is 13.0 Å². The van der Waals surface area contributed by atoms with Gasteiger partial charge in [0.15, 0.2) is 6.29 Å². The SMILES string of the molecule is CCO[C@@H]1C[C@](C)(Cl)[C@@H](CO)O1. The summed E-state index contributed by atoms with van der Waals surface area (Å²) in [4.78, 5) is -0.491. The molecule has 1 N–H and O–H groups in total. The second-order valence-electron chi connectivity index (χ2n) is 3.17. The second kappa shape index (κ2) is 3.92. The highest BCUT2D eigenvalue weighted by molar-refractivity contribution is 6.24. The highest BCUT2D eigenvalue weighted by Gasteiger charge is 2.43. The zero-order valence-electron chi connectivity index (χ0n) is 7.42. The number of hydrogen-bond acceptors (Lipinski definition) is 3. The Morgan fingerprint density at radius 2 is 2.42 bits per heavy atom. The van der Waals surface area contributed by atoms with Crippen molar-refractivity contribution in [2.24, 2.45) is 0 Å². The molecule has 1 aliphatic heterocycles. The van der Waals surface area contributed by atoms with Gasteiger partial charge in [-0.3, -0.25) is 0 Å². The van der Waals surface area contributed by atoms with E-state index in [1.807, 2.05) is 13.8 Å². The van der Waals surface area contributed by atoms with Gasteiger partial charge in [-0.25, -0.2) is 0 Å². The minimum atomic E-state index is -0.491. The summed E-state index contributed by atoms with van der Waals surface area (Å²) >= 11 is 6.10. The third kappa shape index (κ3) is 2.10. The first-order chi connectivity index (χ1) is 5.60. The van der Waals surface area contributed by atoms with Crippen LogP contribution in [0.4, 0.5) is 0 Å². The summed E-state index contributed by atoms with van der Waals surface area (Å²) in [5, 5.41) is 8.92. The van der Waals surface area contributed by atoms with Crippen LogP contribution in [0.5, 0.6) is 0 Å². The van der Waals surface area contributed by atoms with Gasteiger partial charge in [-0.05, 0) is 13.8 Å². The zero-order chi connectivity index (χ0) is 9.19. The first kappa shape index (κ1) is 10.3. The molecule has 1 saturated heterocycles. The predicted octanol–water partition coefficient (Wildman–Crippen LogP) is 1.13. The van der Waals surface area contributed by atoms with Crippen LogP contribution in [0.25, 0.3) is 0 Å². The Balaban J connectivity index is 2.48. The van der Waals surface area contributed by atoms with Crippen LogP contribution in [0.15, 0.2) is 0 Å². The van der Waals surface area contributed by atoms with Crippen LogP contribution in [0, 0.1) is 0 Å². The molecule has 12 heavy (non-hydrogen) atoms. The molecule has 3 nitrogen and oxygen atoms in total. The lowest BCUT2D eigenvalue weighted by Gasteiger charge is -2.19. The summed E-state index contributed by atoms with van der Waals surface area (Å²) in [7, 11) is 0. The van der Waals surface area contributed by atoms with E-state index in [4.69, 9.17) is 26.2 Å². The molecule has 3 atom stereocenters. The van der Waals surface area contributed by atoms with Crippen molar-refractivity contribution in [3.63, 3.8) is 0 Å². The first-order valence-electron chi connectivity index (χ1n) is 4.17. The van der Waals surface area contributed by atoms with Crippen molar-refractivity contribution in [1.82, 2.24) is 0 Å². The quantitative estimate of drug-likeness (QED) is 0.685. The van der Waals surface area contributed by atoms with Gasteiger partial charge in [-0.2, -0.15) is 0 Å². The fourth-order valence-electron chi connectivity index (χ4n) is 1.35. The van der Waals surface area contributed by atoms with Crippen molar-refractivity contribution in [2.75, 3.05) is 13.2 Å². The highest BCUT2D eigenvalue weighted by Crippen LogP contribution is 2.36. The Hall–Kier alpha value is 0.170. The molecule has 0 amide bonds. The van der Waals surface area contributed by atoms with E-state index in [9.17, 15) is 0 Å². The van der Waals surface area contributed by atoms with Gasteiger partial charge in [0.25, 0.3) is 0 Å². The molecular formula is C8H15ClO3. The maximum absolute atomic E-state index is 8.92. The summed E-state index contributed by atoms with van der Waals surface area (Å²) in [6.45, 7) is 4.31. The molecule has 0 saturated carbocycles. The number of alkyl halides is 1. The summed E-state index contributed by atoms with van der Waals surface area (Å²) in [5.41, 5.74) is 0. The summed E-state index contributed by atoms with van der Waals surface area (Å²) in [5.74, 6) is 0. The van der Waals surface area contributed by atoms with Crippen molar-refractivity contribution in [1.29, 1.82) is 0 Å². The lowest BCUT2D eigenvalue weighted by molar-refractivity contribution is -0.137. The van der Waals surface area contributed by atoms with Gasteiger partial charge in [0.05, 0.1) is 11.5 Å². The van der Waals surface area contributed by atoms with Gasteiger partial charge < -0.3 is 14.6 Å². The Morgan fingerprint density at radius 3 is 2.83 bits per heavy atom. The van der Waals surface area contributed by atoms with Gasteiger partial charge >= 0.3 is 0 Å². The molecule has 0 aliphatic carbocycles. The monoisotopic (exact) mass is 194 g/mol. The van der Waals surface area contributed by atoms with E-state index in [0.717, 1.165) is 0 Å². The number of rotatable bonds is 3. The molecule has 0 aromatic rings. The molecule has 0 spiro atoms. The largest absolute Gasteiger partial charge is 0.394 e. The molecule has 0 radical (unpaired) electrons. The molecule has 1 rings (SSSR count). The normalized spacial score (nSPS) is 42.0. The summed E-state index contributed by atoms with van der Waals surface area (Å²) in [6.07, 6.45) is 0.0681. The van der Waals surface area contributed by atoms with Crippen molar-refractivity contribution in [3.05, 3.63) is 0 Å². The predicted molar refractivity (Wildman–Crippen MR) is 46.2 cm³/mol. The van der Waals surface area contributed by atoms with E-state index < -0.39 is 4.87 Å². The number of aliphatic hydroxyl groups excluding tert-OH is 1. The van der Waals surface area contributed by atoms with Crippen molar-refractivity contribution < 1.29 is 14.6 Å². The van der Waals surface area contributed by atoms with Crippen LogP contribution in [0.1, 0.15) is 20.3 Å². The Labute approximate surface area is 77.6 Å². The van der Waals surface area contributed by atoms with Crippen LogP contribution >= 0.6 is 11.6 Å². The number of ether oxygens (including phenoxy) is 2. The summed E-state index contributed by atoms with van der Waals surface area (Å²) < 4.78 is 10.6. The van der Waals surface area contributed by atoms with Gasteiger partial charge in [-0.1, -0.05) is 0 Å². The van der Waals surface area contributed by atoms with Gasteiger partial charge in [0.2, 0.25) is 0 Å². The zero-order valence-corrected chi connectivity index (χ0v) is 8.17. The molecule has 1 aliphatic rings. The first-order valence-corrected chi connectivity index (χ1v) is 4.54. The maximum atomic E-state index is 8.92. The van der Waals surface area contributed by atoms with Gasteiger partial charge in [-0.15, -0.1) is 11.6 Å². The average Bonchev–Trinajstić information content (AvgIpc) is 2.25. The van der Waals surface area contributed by atoms with Crippen molar-refractivity contribution in [3.8, 4) is 0 Å². The van der Waals surface area contributed by atoms with Crippen LogP contribution < -0.4 is 0 Å². The van der Waals surface area contributed by atoms with Crippen LogP contribution in [-0.2, 0) is 9.47 Å². The van der Waals surface area contributed by atoms with E-state index in [-0.39, 0.29) is 19.0 Å². The third-order valence-electron chi connectivity index (χ3n) is 2.07. The molecule has 0 bridgehead atoms. The molecule has 1 fully saturated rings.